The van der Waals surface area contributed by atoms with E-state index in [2.05, 4.69) is 18.2 Å². The van der Waals surface area contributed by atoms with Crippen molar-refractivity contribution in [2.75, 3.05) is 21.0 Å². The first-order valence-corrected chi connectivity index (χ1v) is 7.39. The maximum absolute atomic E-state index is 5.43. The molecule has 116 valence electrons. The van der Waals surface area contributed by atoms with Crippen LogP contribution in [-0.2, 0) is 12.8 Å². The topological polar surface area (TPSA) is 36.9 Å². The van der Waals surface area contributed by atoms with Crippen LogP contribution in [0.15, 0.2) is 36.4 Å². The van der Waals surface area contributed by atoms with Crippen molar-refractivity contribution >= 4 is 0 Å². The molecule has 0 saturated carbocycles. The van der Waals surface area contributed by atoms with Gasteiger partial charge in [0.05, 0.1) is 14.2 Å². The number of aryl methyl sites for hydroxylation is 2. The zero-order chi connectivity index (χ0) is 15.4. The Kier molecular flexibility index (Phi) is 4.37. The van der Waals surface area contributed by atoms with E-state index in [0.717, 1.165) is 42.3 Å². The molecule has 0 amide bonds. The van der Waals surface area contributed by atoms with E-state index in [1.807, 2.05) is 18.2 Å². The molecule has 1 aliphatic heterocycles. The predicted molar refractivity (Wildman–Crippen MR) is 84.1 cm³/mol. The van der Waals surface area contributed by atoms with Gasteiger partial charge in [-0.05, 0) is 48.6 Å². The molecule has 0 radical (unpaired) electrons. The van der Waals surface area contributed by atoms with Crippen molar-refractivity contribution in [2.45, 2.75) is 19.3 Å². The Hall–Kier alpha value is -2.36. The van der Waals surface area contributed by atoms with E-state index in [1.54, 1.807) is 14.2 Å². The van der Waals surface area contributed by atoms with Crippen LogP contribution >= 0.6 is 0 Å². The highest BCUT2D eigenvalue weighted by Crippen LogP contribution is 2.33. The summed E-state index contributed by atoms with van der Waals surface area (Å²) in [5.41, 5.74) is 2.46. The maximum atomic E-state index is 5.43. The van der Waals surface area contributed by atoms with Crippen LogP contribution in [0.2, 0.25) is 0 Å². The SMILES string of the molecule is COc1ccc(CCCc2ccc3c(c2)OCO3)c(OC)c1. The van der Waals surface area contributed by atoms with Gasteiger partial charge in [0, 0.05) is 6.07 Å². The highest BCUT2D eigenvalue weighted by molar-refractivity contribution is 5.44. The Balaban J connectivity index is 1.61. The van der Waals surface area contributed by atoms with Gasteiger partial charge in [-0.1, -0.05) is 12.1 Å². The second-order valence-electron chi connectivity index (χ2n) is 5.22. The lowest BCUT2D eigenvalue weighted by molar-refractivity contribution is 0.174. The van der Waals surface area contributed by atoms with Crippen molar-refractivity contribution in [3.63, 3.8) is 0 Å². The van der Waals surface area contributed by atoms with E-state index in [1.165, 1.54) is 11.1 Å². The van der Waals surface area contributed by atoms with E-state index < -0.39 is 0 Å². The summed E-state index contributed by atoms with van der Waals surface area (Å²) in [5.74, 6) is 3.38. The highest BCUT2D eigenvalue weighted by Gasteiger charge is 2.13. The molecule has 0 aliphatic carbocycles. The Labute approximate surface area is 130 Å². The minimum atomic E-state index is 0.321. The molecule has 0 fully saturated rings. The van der Waals surface area contributed by atoms with Crippen LogP contribution in [0, 0.1) is 0 Å². The van der Waals surface area contributed by atoms with Gasteiger partial charge in [-0.15, -0.1) is 0 Å². The largest absolute Gasteiger partial charge is 0.497 e. The molecule has 1 aliphatic rings. The molecule has 0 bridgehead atoms. The summed E-state index contributed by atoms with van der Waals surface area (Å²) >= 11 is 0. The van der Waals surface area contributed by atoms with Crippen LogP contribution in [-0.4, -0.2) is 21.0 Å². The quantitative estimate of drug-likeness (QED) is 0.816. The molecule has 0 atom stereocenters. The number of fused-ring (bicyclic) bond motifs is 1. The van der Waals surface area contributed by atoms with Gasteiger partial charge in [0.2, 0.25) is 6.79 Å². The number of rotatable bonds is 6. The van der Waals surface area contributed by atoms with E-state index >= 15 is 0 Å². The maximum Gasteiger partial charge on any atom is 0.231 e. The Bertz CT molecular complexity index is 652. The van der Waals surface area contributed by atoms with Gasteiger partial charge in [-0.25, -0.2) is 0 Å². The van der Waals surface area contributed by atoms with Gasteiger partial charge < -0.3 is 18.9 Å². The second kappa shape index (κ2) is 6.60. The molecule has 4 heteroatoms. The highest BCUT2D eigenvalue weighted by atomic mass is 16.7. The molecule has 0 N–H and O–H groups in total. The molecule has 22 heavy (non-hydrogen) atoms. The molecule has 0 unspecified atom stereocenters. The molecule has 4 nitrogen and oxygen atoms in total. The van der Waals surface area contributed by atoms with Crippen LogP contribution in [0.5, 0.6) is 23.0 Å². The third kappa shape index (κ3) is 3.11. The van der Waals surface area contributed by atoms with Crippen molar-refractivity contribution < 1.29 is 18.9 Å². The van der Waals surface area contributed by atoms with Crippen LogP contribution in [0.1, 0.15) is 17.5 Å². The van der Waals surface area contributed by atoms with Gasteiger partial charge in [-0.2, -0.15) is 0 Å². The predicted octanol–water partition coefficient (Wildman–Crippen LogP) is 3.61. The van der Waals surface area contributed by atoms with Crippen molar-refractivity contribution in [3.8, 4) is 23.0 Å². The Morgan fingerprint density at radius 3 is 2.59 bits per heavy atom. The van der Waals surface area contributed by atoms with Crippen LogP contribution < -0.4 is 18.9 Å². The fraction of sp³-hybridized carbons (Fsp3) is 0.333. The van der Waals surface area contributed by atoms with Gasteiger partial charge in [-0.3, -0.25) is 0 Å². The lowest BCUT2D eigenvalue weighted by Gasteiger charge is -2.10. The van der Waals surface area contributed by atoms with Crippen molar-refractivity contribution in [2.24, 2.45) is 0 Å². The molecule has 2 aromatic carbocycles. The normalized spacial score (nSPS) is 12.3. The molecular weight excluding hydrogens is 280 g/mol. The van der Waals surface area contributed by atoms with Crippen molar-refractivity contribution in [1.82, 2.24) is 0 Å². The molecule has 3 rings (SSSR count). The second-order valence-corrected chi connectivity index (χ2v) is 5.22. The van der Waals surface area contributed by atoms with Gasteiger partial charge in [0.1, 0.15) is 11.5 Å². The molecule has 1 heterocycles. The standard InChI is InChI=1S/C18H20O4/c1-19-15-8-7-14(17(11-15)20-2)5-3-4-13-6-9-16-18(10-13)22-12-21-16/h6-11H,3-5,12H2,1-2H3. The summed E-state index contributed by atoms with van der Waals surface area (Å²) in [6, 6.07) is 12.1. The van der Waals surface area contributed by atoms with Crippen LogP contribution in [0.25, 0.3) is 0 Å². The first kappa shape index (κ1) is 14.6. The van der Waals surface area contributed by atoms with Gasteiger partial charge in [0.25, 0.3) is 0 Å². The third-order valence-corrected chi connectivity index (χ3v) is 3.84. The third-order valence-electron chi connectivity index (χ3n) is 3.84. The minimum absolute atomic E-state index is 0.321. The van der Waals surface area contributed by atoms with E-state index in [4.69, 9.17) is 18.9 Å². The smallest absolute Gasteiger partial charge is 0.231 e. The zero-order valence-electron chi connectivity index (χ0n) is 12.9. The van der Waals surface area contributed by atoms with Crippen molar-refractivity contribution in [3.05, 3.63) is 47.5 Å². The van der Waals surface area contributed by atoms with Gasteiger partial charge in [0.15, 0.2) is 11.5 Å². The first-order chi connectivity index (χ1) is 10.8. The molecular formula is C18H20O4. The van der Waals surface area contributed by atoms with Gasteiger partial charge >= 0.3 is 0 Å². The van der Waals surface area contributed by atoms with E-state index in [0.29, 0.717) is 6.79 Å². The number of hydrogen-bond donors (Lipinski definition) is 0. The number of ether oxygens (including phenoxy) is 4. The minimum Gasteiger partial charge on any atom is -0.497 e. The van der Waals surface area contributed by atoms with E-state index in [-0.39, 0.29) is 0 Å². The number of methoxy groups -OCH3 is 2. The molecule has 0 aromatic heterocycles. The van der Waals surface area contributed by atoms with Crippen molar-refractivity contribution in [1.29, 1.82) is 0 Å². The molecule has 2 aromatic rings. The summed E-state index contributed by atoms with van der Waals surface area (Å²) in [5, 5.41) is 0. The summed E-state index contributed by atoms with van der Waals surface area (Å²) < 4.78 is 21.4. The number of hydrogen-bond acceptors (Lipinski definition) is 4. The fourth-order valence-corrected chi connectivity index (χ4v) is 2.64. The molecule has 0 spiro atoms. The van der Waals surface area contributed by atoms with Crippen LogP contribution in [0.4, 0.5) is 0 Å². The summed E-state index contributed by atoms with van der Waals surface area (Å²) in [7, 11) is 3.35. The number of benzene rings is 2. The Morgan fingerprint density at radius 1 is 0.909 bits per heavy atom. The lowest BCUT2D eigenvalue weighted by Crippen LogP contribution is -1.95. The summed E-state index contributed by atoms with van der Waals surface area (Å²) in [6.07, 6.45) is 3.00. The van der Waals surface area contributed by atoms with E-state index in [9.17, 15) is 0 Å². The Morgan fingerprint density at radius 2 is 1.77 bits per heavy atom. The summed E-state index contributed by atoms with van der Waals surface area (Å²) in [4.78, 5) is 0. The summed E-state index contributed by atoms with van der Waals surface area (Å²) in [6.45, 7) is 0.321. The lowest BCUT2D eigenvalue weighted by atomic mass is 10.0. The first-order valence-electron chi connectivity index (χ1n) is 7.39. The van der Waals surface area contributed by atoms with Crippen LogP contribution in [0.3, 0.4) is 0 Å². The average Bonchev–Trinajstić information content (AvgIpc) is 3.02. The monoisotopic (exact) mass is 300 g/mol. The zero-order valence-corrected chi connectivity index (χ0v) is 12.9. The fourth-order valence-electron chi connectivity index (χ4n) is 2.64. The average molecular weight is 300 g/mol. The molecule has 0 saturated heterocycles.